The minimum atomic E-state index is -4.40. The predicted molar refractivity (Wildman–Crippen MR) is 110 cm³/mol. The van der Waals surface area contributed by atoms with E-state index in [9.17, 15) is 13.2 Å². The van der Waals surface area contributed by atoms with Crippen LogP contribution in [0.4, 0.5) is 18.9 Å². The van der Waals surface area contributed by atoms with Crippen LogP contribution in [0.5, 0.6) is 5.75 Å². The average molecular weight is 439 g/mol. The molecule has 0 aromatic heterocycles. The van der Waals surface area contributed by atoms with Gasteiger partial charge in [0.2, 0.25) is 0 Å². The zero-order valence-electron chi connectivity index (χ0n) is 14.9. The molecule has 1 N–H and O–H groups in total. The predicted octanol–water partition coefficient (Wildman–Crippen LogP) is 7.04. The van der Waals surface area contributed by atoms with Crippen molar-refractivity contribution in [3.63, 3.8) is 0 Å². The Morgan fingerprint density at radius 1 is 0.931 bits per heavy atom. The summed E-state index contributed by atoms with van der Waals surface area (Å²) >= 11 is 11.9. The summed E-state index contributed by atoms with van der Waals surface area (Å²) in [5.41, 5.74) is 3.68. The number of rotatable bonds is 6. The van der Waals surface area contributed by atoms with Gasteiger partial charge in [-0.1, -0.05) is 47.5 Å². The molecule has 3 aromatic carbocycles. The fourth-order valence-corrected chi connectivity index (χ4v) is 2.75. The summed E-state index contributed by atoms with van der Waals surface area (Å²) in [6, 6.07) is 17.2. The second-order valence-corrected chi connectivity index (χ2v) is 6.87. The highest BCUT2D eigenvalue weighted by Crippen LogP contribution is 2.30. The zero-order chi connectivity index (χ0) is 20.9. The summed E-state index contributed by atoms with van der Waals surface area (Å²) in [4.78, 5) is 0. The standard InChI is InChI=1S/C21H15Cl2F3N2O/c22-19-8-7-15(10-20(19)23)13-29-18-6-1-3-14(9-18)12-27-28-17-5-2-4-16(11-17)21(24,25)26/h1-12,28H,13H2. The number of nitrogens with zero attached hydrogens (tertiary/aromatic N) is 1. The average Bonchev–Trinajstić information content (AvgIpc) is 2.69. The van der Waals surface area contributed by atoms with Crippen LogP contribution in [0.2, 0.25) is 10.0 Å². The molecule has 3 rings (SSSR count). The third-order valence-electron chi connectivity index (χ3n) is 3.84. The fraction of sp³-hybridized carbons (Fsp3) is 0.0952. The molecule has 0 spiro atoms. The lowest BCUT2D eigenvalue weighted by molar-refractivity contribution is -0.137. The van der Waals surface area contributed by atoms with E-state index in [1.165, 1.54) is 18.3 Å². The Kier molecular flexibility index (Phi) is 6.67. The van der Waals surface area contributed by atoms with Crippen molar-refractivity contribution in [3.8, 4) is 5.75 Å². The van der Waals surface area contributed by atoms with Crippen LogP contribution in [0.3, 0.4) is 0 Å². The minimum Gasteiger partial charge on any atom is -0.489 e. The van der Waals surface area contributed by atoms with Crippen LogP contribution >= 0.6 is 23.2 Å². The Labute approximate surface area is 175 Å². The maximum Gasteiger partial charge on any atom is 0.416 e. The number of hydrazone groups is 1. The van der Waals surface area contributed by atoms with Crippen LogP contribution in [0.1, 0.15) is 16.7 Å². The Morgan fingerprint density at radius 3 is 2.48 bits per heavy atom. The summed E-state index contributed by atoms with van der Waals surface area (Å²) < 4.78 is 44.0. The molecule has 0 aliphatic carbocycles. The highest BCUT2D eigenvalue weighted by atomic mass is 35.5. The SMILES string of the molecule is FC(F)(F)c1cccc(NN=Cc2cccc(OCc3ccc(Cl)c(Cl)c3)c2)c1. The molecule has 0 saturated heterocycles. The maximum absolute atomic E-state index is 12.7. The summed E-state index contributed by atoms with van der Waals surface area (Å²) in [5.74, 6) is 0.610. The molecule has 3 nitrogen and oxygen atoms in total. The van der Waals surface area contributed by atoms with E-state index in [1.54, 1.807) is 36.4 Å². The van der Waals surface area contributed by atoms with E-state index in [0.717, 1.165) is 23.3 Å². The van der Waals surface area contributed by atoms with Gasteiger partial charge in [-0.05, 0) is 53.6 Å². The van der Waals surface area contributed by atoms with Crippen molar-refractivity contribution < 1.29 is 17.9 Å². The van der Waals surface area contributed by atoms with E-state index < -0.39 is 11.7 Å². The van der Waals surface area contributed by atoms with Gasteiger partial charge in [-0.25, -0.2) is 0 Å². The number of anilines is 1. The molecule has 0 atom stereocenters. The summed E-state index contributed by atoms with van der Waals surface area (Å²) in [6.07, 6.45) is -2.91. The zero-order valence-corrected chi connectivity index (χ0v) is 16.4. The van der Waals surface area contributed by atoms with Gasteiger partial charge in [0.25, 0.3) is 0 Å². The van der Waals surface area contributed by atoms with Gasteiger partial charge >= 0.3 is 6.18 Å². The molecular formula is C21H15Cl2F3N2O. The van der Waals surface area contributed by atoms with E-state index in [4.69, 9.17) is 27.9 Å². The van der Waals surface area contributed by atoms with E-state index in [2.05, 4.69) is 10.5 Å². The van der Waals surface area contributed by atoms with Crippen molar-refractivity contribution in [2.45, 2.75) is 12.8 Å². The van der Waals surface area contributed by atoms with Gasteiger partial charge in [0.15, 0.2) is 0 Å². The monoisotopic (exact) mass is 438 g/mol. The Balaban J connectivity index is 1.61. The van der Waals surface area contributed by atoms with Crippen LogP contribution in [-0.2, 0) is 12.8 Å². The van der Waals surface area contributed by atoms with Crippen molar-refractivity contribution in [2.75, 3.05) is 5.43 Å². The van der Waals surface area contributed by atoms with Crippen LogP contribution in [0.25, 0.3) is 0 Å². The van der Waals surface area contributed by atoms with Crippen LogP contribution < -0.4 is 10.2 Å². The van der Waals surface area contributed by atoms with Gasteiger partial charge in [0, 0.05) is 0 Å². The van der Waals surface area contributed by atoms with Crippen molar-refractivity contribution in [1.82, 2.24) is 0 Å². The molecular weight excluding hydrogens is 424 g/mol. The summed E-state index contributed by atoms with van der Waals surface area (Å²) in [7, 11) is 0. The van der Waals surface area contributed by atoms with Gasteiger partial charge in [-0.3, -0.25) is 5.43 Å². The number of alkyl halides is 3. The quantitative estimate of drug-likeness (QED) is 0.330. The number of ether oxygens (including phenoxy) is 1. The largest absolute Gasteiger partial charge is 0.489 e. The molecule has 0 aliphatic heterocycles. The lowest BCUT2D eigenvalue weighted by atomic mass is 10.2. The highest BCUT2D eigenvalue weighted by Gasteiger charge is 2.30. The minimum absolute atomic E-state index is 0.239. The molecule has 0 bridgehead atoms. The molecule has 29 heavy (non-hydrogen) atoms. The second-order valence-electron chi connectivity index (χ2n) is 6.06. The normalized spacial score (nSPS) is 11.6. The smallest absolute Gasteiger partial charge is 0.416 e. The highest BCUT2D eigenvalue weighted by molar-refractivity contribution is 6.42. The molecule has 0 unspecified atom stereocenters. The van der Waals surface area contributed by atoms with Crippen LogP contribution in [0, 0.1) is 0 Å². The molecule has 150 valence electrons. The summed E-state index contributed by atoms with van der Waals surface area (Å²) in [6.45, 7) is 0.306. The molecule has 0 heterocycles. The molecule has 0 fully saturated rings. The molecule has 0 radical (unpaired) electrons. The van der Waals surface area contributed by atoms with E-state index in [1.807, 2.05) is 6.07 Å². The second kappa shape index (κ2) is 9.20. The maximum atomic E-state index is 12.7. The first kappa shape index (κ1) is 21.0. The Morgan fingerprint density at radius 2 is 1.72 bits per heavy atom. The van der Waals surface area contributed by atoms with Crippen LogP contribution in [0.15, 0.2) is 71.8 Å². The van der Waals surface area contributed by atoms with Gasteiger partial charge < -0.3 is 4.74 Å². The van der Waals surface area contributed by atoms with Crippen molar-refractivity contribution in [3.05, 3.63) is 93.5 Å². The van der Waals surface area contributed by atoms with E-state index in [-0.39, 0.29) is 5.69 Å². The third kappa shape index (κ3) is 6.14. The van der Waals surface area contributed by atoms with Gasteiger partial charge in [-0.2, -0.15) is 18.3 Å². The lowest BCUT2D eigenvalue weighted by Gasteiger charge is -2.08. The fourth-order valence-electron chi connectivity index (χ4n) is 2.43. The lowest BCUT2D eigenvalue weighted by Crippen LogP contribution is -2.05. The van der Waals surface area contributed by atoms with Crippen molar-refractivity contribution in [1.29, 1.82) is 0 Å². The number of benzene rings is 3. The molecule has 0 amide bonds. The number of hydrogen-bond donors (Lipinski definition) is 1. The molecule has 0 aliphatic rings. The van der Waals surface area contributed by atoms with Crippen molar-refractivity contribution >= 4 is 35.1 Å². The van der Waals surface area contributed by atoms with Gasteiger partial charge in [-0.15, -0.1) is 0 Å². The van der Waals surface area contributed by atoms with Crippen LogP contribution in [-0.4, -0.2) is 6.21 Å². The first-order chi connectivity index (χ1) is 13.8. The number of hydrogen-bond acceptors (Lipinski definition) is 3. The first-order valence-corrected chi connectivity index (χ1v) is 9.20. The van der Waals surface area contributed by atoms with Gasteiger partial charge in [0.05, 0.1) is 27.5 Å². The van der Waals surface area contributed by atoms with Gasteiger partial charge in [0.1, 0.15) is 12.4 Å². The topological polar surface area (TPSA) is 33.6 Å². The molecule has 0 saturated carbocycles. The third-order valence-corrected chi connectivity index (χ3v) is 4.58. The Hall–Kier alpha value is -2.70. The van der Waals surface area contributed by atoms with E-state index >= 15 is 0 Å². The van der Waals surface area contributed by atoms with E-state index in [0.29, 0.717) is 22.4 Å². The number of nitrogens with one attached hydrogen (secondary N) is 1. The number of halogens is 5. The summed E-state index contributed by atoms with van der Waals surface area (Å²) in [5, 5.41) is 4.91. The molecule has 3 aromatic rings. The first-order valence-electron chi connectivity index (χ1n) is 8.44. The Bertz CT molecular complexity index is 1020. The van der Waals surface area contributed by atoms with Crippen molar-refractivity contribution in [2.24, 2.45) is 5.10 Å². The molecule has 8 heteroatoms.